The number of rotatable bonds is 1. The Morgan fingerprint density at radius 1 is 1.15 bits per heavy atom. The third-order valence-corrected chi connectivity index (χ3v) is 4.76. The van der Waals surface area contributed by atoms with Crippen LogP contribution in [0.15, 0.2) is 12.1 Å². The molecule has 1 aromatic heterocycles. The smallest absolute Gasteiger partial charge is 0.201 e. The summed E-state index contributed by atoms with van der Waals surface area (Å²) in [5.41, 5.74) is 7.60. The highest BCUT2D eigenvalue weighted by Crippen LogP contribution is 2.35. The number of aliphatic hydroxyl groups excluding tert-OH is 1. The van der Waals surface area contributed by atoms with Crippen molar-refractivity contribution in [1.29, 1.82) is 0 Å². The summed E-state index contributed by atoms with van der Waals surface area (Å²) >= 11 is 12.1. The molecule has 1 heterocycles. The first-order chi connectivity index (χ1) is 9.58. The van der Waals surface area contributed by atoms with Crippen LogP contribution in [0.5, 0.6) is 0 Å². The van der Waals surface area contributed by atoms with E-state index in [1.54, 1.807) is 12.1 Å². The molecular formula is C14H17Cl2N3O. The van der Waals surface area contributed by atoms with Gasteiger partial charge in [-0.05, 0) is 25.0 Å². The minimum absolute atomic E-state index is 0.0419. The van der Waals surface area contributed by atoms with Gasteiger partial charge in [-0.2, -0.15) is 0 Å². The molecule has 0 radical (unpaired) electrons. The van der Waals surface area contributed by atoms with Crippen molar-refractivity contribution in [1.82, 2.24) is 9.55 Å². The lowest BCUT2D eigenvalue weighted by atomic mass is 10.1. The average molecular weight is 314 g/mol. The van der Waals surface area contributed by atoms with Crippen molar-refractivity contribution in [3.63, 3.8) is 0 Å². The van der Waals surface area contributed by atoms with Crippen LogP contribution < -0.4 is 5.73 Å². The number of benzene rings is 1. The number of nitrogen functional groups attached to an aromatic ring is 1. The number of aliphatic hydroxyl groups is 1. The van der Waals surface area contributed by atoms with Gasteiger partial charge in [-0.3, -0.25) is 0 Å². The summed E-state index contributed by atoms with van der Waals surface area (Å²) in [6.45, 7) is 0. The Labute approximate surface area is 127 Å². The first-order valence-corrected chi connectivity index (χ1v) is 7.64. The van der Waals surface area contributed by atoms with Gasteiger partial charge in [0.05, 0.1) is 33.2 Å². The zero-order valence-corrected chi connectivity index (χ0v) is 12.5. The van der Waals surface area contributed by atoms with E-state index in [9.17, 15) is 5.11 Å². The second kappa shape index (κ2) is 5.43. The highest BCUT2D eigenvalue weighted by Gasteiger charge is 2.26. The van der Waals surface area contributed by atoms with Crippen LogP contribution in [0.4, 0.5) is 5.95 Å². The van der Waals surface area contributed by atoms with Crippen LogP contribution in [0.1, 0.15) is 38.1 Å². The fraction of sp³-hybridized carbons (Fsp3) is 0.500. The second-order valence-corrected chi connectivity index (χ2v) is 6.18. The number of fused-ring (bicyclic) bond motifs is 1. The maximum atomic E-state index is 10.4. The minimum atomic E-state index is -0.397. The summed E-state index contributed by atoms with van der Waals surface area (Å²) in [4.78, 5) is 4.34. The van der Waals surface area contributed by atoms with E-state index in [0.29, 0.717) is 21.5 Å². The zero-order valence-electron chi connectivity index (χ0n) is 11.0. The van der Waals surface area contributed by atoms with Gasteiger partial charge in [0.1, 0.15) is 0 Å². The maximum absolute atomic E-state index is 10.4. The molecule has 1 aliphatic rings. The number of hydrogen-bond donors (Lipinski definition) is 2. The lowest BCUT2D eigenvalue weighted by molar-refractivity contribution is 0.108. The molecule has 2 unspecified atom stereocenters. The number of aromatic nitrogens is 2. The molecule has 4 nitrogen and oxygen atoms in total. The Kier molecular flexibility index (Phi) is 3.80. The first-order valence-electron chi connectivity index (χ1n) is 6.88. The first kappa shape index (κ1) is 14.0. The fourth-order valence-electron chi connectivity index (χ4n) is 3.03. The number of anilines is 1. The number of imidazole rings is 1. The molecule has 0 saturated heterocycles. The van der Waals surface area contributed by atoms with Crippen molar-refractivity contribution < 1.29 is 5.11 Å². The molecule has 3 rings (SSSR count). The quantitative estimate of drug-likeness (QED) is 0.787. The molecule has 0 amide bonds. The molecule has 1 aromatic carbocycles. The number of halogens is 2. The van der Waals surface area contributed by atoms with Gasteiger partial charge in [0.15, 0.2) is 0 Å². The summed E-state index contributed by atoms with van der Waals surface area (Å²) in [5.74, 6) is 0.407. The Morgan fingerprint density at radius 2 is 1.85 bits per heavy atom. The molecule has 6 heteroatoms. The number of nitrogens with two attached hydrogens (primary N) is 1. The van der Waals surface area contributed by atoms with E-state index < -0.39 is 6.10 Å². The van der Waals surface area contributed by atoms with E-state index >= 15 is 0 Å². The van der Waals surface area contributed by atoms with Crippen molar-refractivity contribution in [3.05, 3.63) is 22.2 Å². The average Bonchev–Trinajstić information content (AvgIpc) is 2.58. The lowest BCUT2D eigenvalue weighted by Gasteiger charge is -2.23. The van der Waals surface area contributed by atoms with Crippen molar-refractivity contribution in [2.45, 2.75) is 44.2 Å². The predicted octanol–water partition coefficient (Wildman–Crippen LogP) is 3.79. The Morgan fingerprint density at radius 3 is 2.65 bits per heavy atom. The van der Waals surface area contributed by atoms with Gasteiger partial charge in [0.2, 0.25) is 5.95 Å². The number of nitrogens with zero attached hydrogens (tertiary/aromatic N) is 2. The Balaban J connectivity index is 2.14. The van der Waals surface area contributed by atoms with E-state index in [1.807, 2.05) is 4.57 Å². The second-order valence-electron chi connectivity index (χ2n) is 5.37. The van der Waals surface area contributed by atoms with Crippen LogP contribution in [-0.4, -0.2) is 20.8 Å². The highest BCUT2D eigenvalue weighted by molar-refractivity contribution is 6.42. The highest BCUT2D eigenvalue weighted by atomic mass is 35.5. The van der Waals surface area contributed by atoms with Gasteiger partial charge in [-0.15, -0.1) is 0 Å². The molecule has 0 aliphatic heterocycles. The predicted molar refractivity (Wildman–Crippen MR) is 82.3 cm³/mol. The monoisotopic (exact) mass is 313 g/mol. The Bertz CT molecular complexity index is 641. The van der Waals surface area contributed by atoms with Crippen LogP contribution in [0, 0.1) is 0 Å². The van der Waals surface area contributed by atoms with E-state index in [-0.39, 0.29) is 6.04 Å². The molecule has 20 heavy (non-hydrogen) atoms. The molecule has 1 aliphatic carbocycles. The van der Waals surface area contributed by atoms with E-state index in [0.717, 1.165) is 37.6 Å². The largest absolute Gasteiger partial charge is 0.391 e. The normalized spacial score (nSPS) is 23.9. The molecular weight excluding hydrogens is 297 g/mol. The lowest BCUT2D eigenvalue weighted by Crippen LogP contribution is -2.24. The van der Waals surface area contributed by atoms with E-state index in [1.165, 1.54) is 0 Å². The van der Waals surface area contributed by atoms with Gasteiger partial charge in [0.25, 0.3) is 0 Å². The summed E-state index contributed by atoms with van der Waals surface area (Å²) in [7, 11) is 0. The van der Waals surface area contributed by atoms with Crippen molar-refractivity contribution in [2.75, 3.05) is 5.73 Å². The SMILES string of the molecule is Nc1nc2cc(Cl)c(Cl)cc2n1C1CCCCCC1O. The Hall–Kier alpha value is -0.970. The molecule has 1 fully saturated rings. The molecule has 0 spiro atoms. The van der Waals surface area contributed by atoms with Crippen molar-refractivity contribution in [2.24, 2.45) is 0 Å². The maximum Gasteiger partial charge on any atom is 0.201 e. The van der Waals surface area contributed by atoms with Crippen LogP contribution in [0.25, 0.3) is 11.0 Å². The topological polar surface area (TPSA) is 64.1 Å². The summed E-state index contributed by atoms with van der Waals surface area (Å²) in [6.07, 6.45) is 4.58. The standard InChI is InChI=1S/C14H17Cl2N3O/c15-8-6-10-12(7-9(8)16)19(14(17)18-10)11-4-2-1-3-5-13(11)20/h6-7,11,13,20H,1-5H2,(H2,17,18). The zero-order chi connectivity index (χ0) is 14.3. The summed E-state index contributed by atoms with van der Waals surface area (Å²) in [6, 6.07) is 3.45. The van der Waals surface area contributed by atoms with Crippen LogP contribution in [0.2, 0.25) is 10.0 Å². The summed E-state index contributed by atoms with van der Waals surface area (Å²) < 4.78 is 1.91. The van der Waals surface area contributed by atoms with Gasteiger partial charge in [0, 0.05) is 0 Å². The number of hydrogen-bond acceptors (Lipinski definition) is 3. The van der Waals surface area contributed by atoms with Gasteiger partial charge in [-0.25, -0.2) is 4.98 Å². The molecule has 0 bridgehead atoms. The summed E-state index contributed by atoms with van der Waals surface area (Å²) in [5, 5.41) is 11.3. The van der Waals surface area contributed by atoms with Crippen LogP contribution in [-0.2, 0) is 0 Å². The van der Waals surface area contributed by atoms with Crippen molar-refractivity contribution >= 4 is 40.2 Å². The molecule has 2 atom stereocenters. The third kappa shape index (κ3) is 2.36. The molecule has 1 saturated carbocycles. The van der Waals surface area contributed by atoms with E-state index in [4.69, 9.17) is 28.9 Å². The molecule has 3 N–H and O–H groups in total. The van der Waals surface area contributed by atoms with Crippen molar-refractivity contribution in [3.8, 4) is 0 Å². The van der Waals surface area contributed by atoms with Gasteiger partial charge >= 0.3 is 0 Å². The minimum Gasteiger partial charge on any atom is -0.391 e. The fourth-order valence-corrected chi connectivity index (χ4v) is 3.34. The van der Waals surface area contributed by atoms with Crippen LogP contribution in [0.3, 0.4) is 0 Å². The van der Waals surface area contributed by atoms with Crippen LogP contribution >= 0.6 is 23.2 Å². The van der Waals surface area contributed by atoms with Gasteiger partial charge in [-0.1, -0.05) is 42.5 Å². The van der Waals surface area contributed by atoms with Gasteiger partial charge < -0.3 is 15.4 Å². The molecule has 108 valence electrons. The van der Waals surface area contributed by atoms with E-state index in [2.05, 4.69) is 4.98 Å². The third-order valence-electron chi connectivity index (χ3n) is 4.03. The molecule has 2 aromatic rings.